The molecule has 2 heteroatoms. The number of halogens is 1. The highest BCUT2D eigenvalue weighted by molar-refractivity contribution is 9.10. The van der Waals surface area contributed by atoms with Crippen LogP contribution >= 0.6 is 27.3 Å². The largest absolute Gasteiger partial charge is 0.135 e. The number of fused-ring (bicyclic) bond motifs is 6. The molecule has 1 aromatic heterocycles. The van der Waals surface area contributed by atoms with E-state index in [4.69, 9.17) is 0 Å². The summed E-state index contributed by atoms with van der Waals surface area (Å²) < 4.78 is 3.85. The van der Waals surface area contributed by atoms with Crippen molar-refractivity contribution in [2.24, 2.45) is 0 Å². The van der Waals surface area contributed by atoms with E-state index in [1.165, 1.54) is 70.2 Å². The van der Waals surface area contributed by atoms with Gasteiger partial charge < -0.3 is 0 Å². The van der Waals surface area contributed by atoms with Crippen molar-refractivity contribution in [3.05, 3.63) is 155 Å². The van der Waals surface area contributed by atoms with E-state index in [-0.39, 0.29) is 5.92 Å². The van der Waals surface area contributed by atoms with E-state index >= 15 is 0 Å². The summed E-state index contributed by atoms with van der Waals surface area (Å²) in [4.78, 5) is 0. The van der Waals surface area contributed by atoms with E-state index in [1.54, 1.807) is 0 Å². The number of benzene rings is 6. The third kappa shape index (κ3) is 3.71. The molecule has 39 heavy (non-hydrogen) atoms. The molecule has 1 heterocycles. The van der Waals surface area contributed by atoms with Crippen LogP contribution in [-0.2, 0) is 0 Å². The van der Waals surface area contributed by atoms with Crippen LogP contribution in [0.2, 0.25) is 0 Å². The summed E-state index contributed by atoms with van der Waals surface area (Å²) in [6.45, 7) is 0. The first-order chi connectivity index (χ1) is 19.2. The molecular weight excluding hydrogens is 556 g/mol. The Balaban J connectivity index is 1.28. The number of hydrogen-bond acceptors (Lipinski definition) is 1. The molecule has 7 aromatic rings. The zero-order valence-electron chi connectivity index (χ0n) is 21.1. The molecule has 1 aliphatic carbocycles. The first-order valence-corrected chi connectivity index (χ1v) is 14.9. The monoisotopic (exact) mass is 578 g/mol. The van der Waals surface area contributed by atoms with Crippen LogP contribution in [0.3, 0.4) is 0 Å². The van der Waals surface area contributed by atoms with Gasteiger partial charge in [-0.3, -0.25) is 0 Å². The van der Waals surface area contributed by atoms with Crippen LogP contribution in [0.4, 0.5) is 0 Å². The molecule has 1 unspecified atom stereocenters. The SMILES string of the molecule is Brc1ccc(-c2cccc(-c3ccc4c(c3)-c3ccccc3C4c3cccc4c3sc3ccccc34)c2)cc1. The van der Waals surface area contributed by atoms with Gasteiger partial charge in [-0.25, -0.2) is 0 Å². The summed E-state index contributed by atoms with van der Waals surface area (Å²) in [7, 11) is 0. The molecule has 0 nitrogen and oxygen atoms in total. The second-order valence-electron chi connectivity index (χ2n) is 10.2. The number of hydrogen-bond donors (Lipinski definition) is 0. The third-order valence-electron chi connectivity index (χ3n) is 8.05. The van der Waals surface area contributed by atoms with Crippen molar-refractivity contribution >= 4 is 47.4 Å². The van der Waals surface area contributed by atoms with E-state index in [1.807, 2.05) is 11.3 Å². The fourth-order valence-corrected chi connectivity index (χ4v) is 7.74. The molecule has 1 atom stereocenters. The van der Waals surface area contributed by atoms with Gasteiger partial charge in [-0.2, -0.15) is 0 Å². The van der Waals surface area contributed by atoms with E-state index in [0.717, 1.165) is 4.47 Å². The lowest BCUT2D eigenvalue weighted by molar-refractivity contribution is 1.03. The Hall–Kier alpha value is -3.98. The Labute approximate surface area is 240 Å². The molecule has 0 saturated heterocycles. The molecule has 0 amide bonds. The van der Waals surface area contributed by atoms with Crippen LogP contribution < -0.4 is 0 Å². The van der Waals surface area contributed by atoms with Gasteiger partial charge in [-0.05, 0) is 80.4 Å². The summed E-state index contributed by atoms with van der Waals surface area (Å²) in [5.41, 5.74) is 11.9. The Morgan fingerprint density at radius 2 is 1.10 bits per heavy atom. The van der Waals surface area contributed by atoms with Gasteiger partial charge in [-0.15, -0.1) is 11.3 Å². The summed E-state index contributed by atoms with van der Waals surface area (Å²) in [5, 5.41) is 2.72. The highest BCUT2D eigenvalue weighted by atomic mass is 79.9. The lowest BCUT2D eigenvalue weighted by Crippen LogP contribution is -1.99. The summed E-state index contributed by atoms with van der Waals surface area (Å²) >= 11 is 5.48. The van der Waals surface area contributed by atoms with Crippen molar-refractivity contribution in [1.29, 1.82) is 0 Å². The molecule has 8 rings (SSSR count). The van der Waals surface area contributed by atoms with Crippen LogP contribution in [0, 0.1) is 0 Å². The average Bonchev–Trinajstić information content (AvgIpc) is 3.53. The molecule has 1 aliphatic rings. The van der Waals surface area contributed by atoms with Gasteiger partial charge in [0.2, 0.25) is 0 Å². The molecule has 0 N–H and O–H groups in total. The van der Waals surface area contributed by atoms with Gasteiger partial charge in [0, 0.05) is 30.6 Å². The van der Waals surface area contributed by atoms with Crippen molar-refractivity contribution in [2.75, 3.05) is 0 Å². The number of rotatable bonds is 3. The Kier molecular flexibility index (Phi) is 5.33. The van der Waals surface area contributed by atoms with Crippen molar-refractivity contribution in [1.82, 2.24) is 0 Å². The van der Waals surface area contributed by atoms with E-state index < -0.39 is 0 Å². The van der Waals surface area contributed by atoms with Crippen molar-refractivity contribution in [3.63, 3.8) is 0 Å². The van der Waals surface area contributed by atoms with Gasteiger partial charge >= 0.3 is 0 Å². The average molecular weight is 580 g/mol. The maximum absolute atomic E-state index is 3.56. The minimum Gasteiger partial charge on any atom is -0.135 e. The van der Waals surface area contributed by atoms with Crippen LogP contribution in [0.5, 0.6) is 0 Å². The predicted octanol–water partition coefficient (Wildman–Crippen LogP) is 11.3. The van der Waals surface area contributed by atoms with Crippen LogP contribution in [0.1, 0.15) is 22.6 Å². The maximum atomic E-state index is 3.56. The first-order valence-electron chi connectivity index (χ1n) is 13.2. The molecule has 184 valence electrons. The minimum absolute atomic E-state index is 0.233. The van der Waals surface area contributed by atoms with Crippen LogP contribution in [-0.4, -0.2) is 0 Å². The number of thiophene rings is 1. The van der Waals surface area contributed by atoms with Gasteiger partial charge in [0.15, 0.2) is 0 Å². The van der Waals surface area contributed by atoms with Crippen molar-refractivity contribution in [3.8, 4) is 33.4 Å². The van der Waals surface area contributed by atoms with Crippen molar-refractivity contribution < 1.29 is 0 Å². The molecule has 0 bridgehead atoms. The zero-order valence-corrected chi connectivity index (χ0v) is 23.5. The molecule has 0 spiro atoms. The van der Waals surface area contributed by atoms with Gasteiger partial charge in [-0.1, -0.05) is 119 Å². The quantitative estimate of drug-likeness (QED) is 0.195. The fourth-order valence-electron chi connectivity index (χ4n) is 6.23. The lowest BCUT2D eigenvalue weighted by Gasteiger charge is -2.16. The topological polar surface area (TPSA) is 0 Å². The highest BCUT2D eigenvalue weighted by Gasteiger charge is 2.31. The molecule has 0 aliphatic heterocycles. The fraction of sp³-hybridized carbons (Fsp3) is 0.0270. The highest BCUT2D eigenvalue weighted by Crippen LogP contribution is 2.51. The Morgan fingerprint density at radius 3 is 2.00 bits per heavy atom. The standard InChI is InChI=1S/C37H23BrS/c38-27-18-15-23(16-19-27)24-7-5-8-25(21-24)26-17-20-31-34(22-26)28-9-1-2-11-30(28)36(31)33-13-6-12-32-29-10-3-4-14-35(29)39-37(32)33/h1-22,36H. The van der Waals surface area contributed by atoms with Gasteiger partial charge in [0.05, 0.1) is 0 Å². The molecule has 0 fully saturated rings. The lowest BCUT2D eigenvalue weighted by atomic mass is 9.88. The van der Waals surface area contributed by atoms with E-state index in [0.29, 0.717) is 0 Å². The van der Waals surface area contributed by atoms with Gasteiger partial charge in [0.25, 0.3) is 0 Å². The Morgan fingerprint density at radius 1 is 0.462 bits per heavy atom. The predicted molar refractivity (Wildman–Crippen MR) is 171 cm³/mol. The molecule has 0 saturated carbocycles. The first kappa shape index (κ1) is 23.0. The van der Waals surface area contributed by atoms with Gasteiger partial charge in [0.1, 0.15) is 0 Å². The second-order valence-corrected chi connectivity index (χ2v) is 12.2. The Bertz CT molecular complexity index is 2030. The maximum Gasteiger partial charge on any atom is 0.0397 e. The molecule has 0 radical (unpaired) electrons. The summed E-state index contributed by atoms with van der Waals surface area (Å²) in [6.07, 6.45) is 0. The molecular formula is C37H23BrS. The normalized spacial score (nSPS) is 14.0. The van der Waals surface area contributed by atoms with E-state index in [9.17, 15) is 0 Å². The summed E-state index contributed by atoms with van der Waals surface area (Å²) in [5.74, 6) is 0.233. The smallest absolute Gasteiger partial charge is 0.0397 e. The zero-order chi connectivity index (χ0) is 25.9. The van der Waals surface area contributed by atoms with Crippen LogP contribution in [0.25, 0.3) is 53.6 Å². The van der Waals surface area contributed by atoms with Crippen LogP contribution in [0.15, 0.2) is 138 Å². The summed E-state index contributed by atoms with van der Waals surface area (Å²) in [6, 6.07) is 49.1. The molecule has 6 aromatic carbocycles. The third-order valence-corrected chi connectivity index (χ3v) is 9.81. The minimum atomic E-state index is 0.233. The van der Waals surface area contributed by atoms with E-state index in [2.05, 4.69) is 149 Å². The second kappa shape index (κ2) is 9.05. The van der Waals surface area contributed by atoms with Crippen molar-refractivity contribution in [2.45, 2.75) is 5.92 Å².